The van der Waals surface area contributed by atoms with Gasteiger partial charge in [-0.25, -0.2) is 0 Å². The number of carbonyl (C=O) groups is 1. The highest BCUT2D eigenvalue weighted by atomic mass is 16.5. The monoisotopic (exact) mass is 227 g/mol. The van der Waals surface area contributed by atoms with Crippen molar-refractivity contribution >= 4 is 5.97 Å². The predicted octanol–water partition coefficient (Wildman–Crippen LogP) is 2.50. The Hall–Kier alpha value is -0.570. The van der Waals surface area contributed by atoms with Crippen molar-refractivity contribution in [1.82, 2.24) is 5.32 Å². The van der Waals surface area contributed by atoms with Crippen LogP contribution in [0.2, 0.25) is 0 Å². The molecule has 0 aromatic heterocycles. The largest absolute Gasteiger partial charge is 0.465 e. The Morgan fingerprint density at radius 1 is 1.31 bits per heavy atom. The second kappa shape index (κ2) is 6.89. The fraction of sp³-hybridized carbons (Fsp3) is 0.923. The number of ether oxygens (including phenoxy) is 1. The van der Waals surface area contributed by atoms with Crippen LogP contribution in [0.5, 0.6) is 0 Å². The van der Waals surface area contributed by atoms with E-state index in [1.807, 2.05) is 0 Å². The van der Waals surface area contributed by atoms with Gasteiger partial charge in [-0.2, -0.15) is 0 Å². The van der Waals surface area contributed by atoms with Gasteiger partial charge < -0.3 is 10.1 Å². The van der Waals surface area contributed by atoms with Crippen molar-refractivity contribution in [3.63, 3.8) is 0 Å². The summed E-state index contributed by atoms with van der Waals surface area (Å²) in [5.41, 5.74) is -0.231. The number of unbranched alkanes of at least 4 members (excludes halogenated alkanes) is 3. The summed E-state index contributed by atoms with van der Waals surface area (Å²) in [4.78, 5) is 12.0. The minimum atomic E-state index is -0.231. The van der Waals surface area contributed by atoms with E-state index in [0.29, 0.717) is 6.61 Å². The van der Waals surface area contributed by atoms with Crippen LogP contribution < -0.4 is 5.32 Å². The first kappa shape index (κ1) is 13.5. The number of esters is 1. The lowest BCUT2D eigenvalue weighted by atomic mass is 9.84. The van der Waals surface area contributed by atoms with Crippen molar-refractivity contribution in [3.05, 3.63) is 0 Å². The molecule has 1 aliphatic rings. The van der Waals surface area contributed by atoms with Gasteiger partial charge in [0.15, 0.2) is 0 Å². The molecule has 0 radical (unpaired) electrons. The molecule has 0 amide bonds. The van der Waals surface area contributed by atoms with Gasteiger partial charge >= 0.3 is 5.97 Å². The molecule has 1 rings (SSSR count). The molecule has 94 valence electrons. The molecule has 16 heavy (non-hydrogen) atoms. The maximum absolute atomic E-state index is 12.0. The third-order valence-electron chi connectivity index (χ3n) is 3.58. The van der Waals surface area contributed by atoms with Gasteiger partial charge in [-0.1, -0.05) is 33.1 Å². The molecule has 0 aromatic carbocycles. The zero-order valence-electron chi connectivity index (χ0n) is 10.7. The van der Waals surface area contributed by atoms with E-state index in [-0.39, 0.29) is 11.4 Å². The first-order chi connectivity index (χ1) is 7.75. The van der Waals surface area contributed by atoms with E-state index in [1.165, 1.54) is 19.3 Å². The van der Waals surface area contributed by atoms with Crippen LogP contribution in [0.25, 0.3) is 0 Å². The van der Waals surface area contributed by atoms with E-state index >= 15 is 0 Å². The van der Waals surface area contributed by atoms with Crippen molar-refractivity contribution in [1.29, 1.82) is 0 Å². The highest BCUT2D eigenvalue weighted by molar-refractivity contribution is 5.77. The van der Waals surface area contributed by atoms with E-state index in [9.17, 15) is 4.79 Å². The maximum Gasteiger partial charge on any atom is 0.313 e. The standard InChI is InChI=1S/C13H25NO2/c1-3-5-6-7-10-16-12(15)13(4-2)8-9-14-11-13/h14H,3-11H2,1-2H3. The van der Waals surface area contributed by atoms with E-state index in [2.05, 4.69) is 19.2 Å². The SMILES string of the molecule is CCCCCCOC(=O)C1(CC)CCNC1. The van der Waals surface area contributed by atoms with Crippen LogP contribution in [-0.2, 0) is 9.53 Å². The molecule has 0 aromatic rings. The normalized spacial score (nSPS) is 24.6. The van der Waals surface area contributed by atoms with Crippen LogP contribution in [0.1, 0.15) is 52.4 Å². The number of carbonyl (C=O) groups excluding carboxylic acids is 1. The average molecular weight is 227 g/mol. The van der Waals surface area contributed by atoms with Crippen LogP contribution >= 0.6 is 0 Å². The Labute approximate surface area is 98.9 Å². The Morgan fingerprint density at radius 2 is 2.12 bits per heavy atom. The highest BCUT2D eigenvalue weighted by Gasteiger charge is 2.40. The van der Waals surface area contributed by atoms with Crippen LogP contribution in [0, 0.1) is 5.41 Å². The van der Waals surface area contributed by atoms with E-state index in [0.717, 1.165) is 32.4 Å². The minimum absolute atomic E-state index is 0.0106. The molecule has 1 saturated heterocycles. The van der Waals surface area contributed by atoms with Crippen molar-refractivity contribution in [2.45, 2.75) is 52.4 Å². The zero-order chi connectivity index (χ0) is 11.9. The van der Waals surface area contributed by atoms with Gasteiger partial charge in [-0.05, 0) is 25.8 Å². The lowest BCUT2D eigenvalue weighted by molar-refractivity contribution is -0.155. The molecule has 0 saturated carbocycles. The highest BCUT2D eigenvalue weighted by Crippen LogP contribution is 2.30. The lowest BCUT2D eigenvalue weighted by Gasteiger charge is -2.23. The van der Waals surface area contributed by atoms with E-state index in [1.54, 1.807) is 0 Å². The van der Waals surface area contributed by atoms with Crippen LogP contribution in [-0.4, -0.2) is 25.7 Å². The van der Waals surface area contributed by atoms with Crippen LogP contribution in [0.3, 0.4) is 0 Å². The number of rotatable bonds is 7. The second-order valence-electron chi connectivity index (χ2n) is 4.76. The van der Waals surface area contributed by atoms with Crippen molar-refractivity contribution in [2.24, 2.45) is 5.41 Å². The number of nitrogens with one attached hydrogen (secondary N) is 1. The fourth-order valence-electron chi connectivity index (χ4n) is 2.21. The summed E-state index contributed by atoms with van der Waals surface area (Å²) in [6, 6.07) is 0. The molecule has 1 fully saturated rings. The van der Waals surface area contributed by atoms with Gasteiger partial charge in [-0.3, -0.25) is 4.79 Å². The molecule has 1 heterocycles. The summed E-state index contributed by atoms with van der Waals surface area (Å²) < 4.78 is 5.39. The average Bonchev–Trinajstić information content (AvgIpc) is 2.78. The molecule has 0 spiro atoms. The minimum Gasteiger partial charge on any atom is -0.465 e. The van der Waals surface area contributed by atoms with Gasteiger partial charge in [-0.15, -0.1) is 0 Å². The van der Waals surface area contributed by atoms with E-state index in [4.69, 9.17) is 4.74 Å². The summed E-state index contributed by atoms with van der Waals surface area (Å²) in [6.07, 6.45) is 6.44. The number of hydrogen-bond acceptors (Lipinski definition) is 3. The van der Waals surface area contributed by atoms with Gasteiger partial charge in [0.2, 0.25) is 0 Å². The van der Waals surface area contributed by atoms with E-state index < -0.39 is 0 Å². The predicted molar refractivity (Wildman–Crippen MR) is 65.3 cm³/mol. The molecule has 0 bridgehead atoms. The topological polar surface area (TPSA) is 38.3 Å². The van der Waals surface area contributed by atoms with Gasteiger partial charge in [0, 0.05) is 6.54 Å². The molecule has 1 unspecified atom stereocenters. The summed E-state index contributed by atoms with van der Waals surface area (Å²) in [7, 11) is 0. The summed E-state index contributed by atoms with van der Waals surface area (Å²) >= 11 is 0. The summed E-state index contributed by atoms with van der Waals surface area (Å²) in [5.74, 6) is 0.0106. The van der Waals surface area contributed by atoms with Crippen molar-refractivity contribution in [3.8, 4) is 0 Å². The number of hydrogen-bond donors (Lipinski definition) is 1. The van der Waals surface area contributed by atoms with Gasteiger partial charge in [0.05, 0.1) is 12.0 Å². The molecule has 1 atom stereocenters. The first-order valence-corrected chi connectivity index (χ1v) is 6.63. The Bertz CT molecular complexity index is 210. The molecule has 3 heteroatoms. The molecule has 1 N–H and O–H groups in total. The summed E-state index contributed by atoms with van der Waals surface area (Å²) in [6.45, 7) is 6.59. The Kier molecular flexibility index (Phi) is 5.81. The van der Waals surface area contributed by atoms with Crippen LogP contribution in [0.15, 0.2) is 0 Å². The third-order valence-corrected chi connectivity index (χ3v) is 3.58. The van der Waals surface area contributed by atoms with Crippen molar-refractivity contribution in [2.75, 3.05) is 19.7 Å². The van der Waals surface area contributed by atoms with Gasteiger partial charge in [0.25, 0.3) is 0 Å². The molecular weight excluding hydrogens is 202 g/mol. The Morgan fingerprint density at radius 3 is 2.69 bits per heavy atom. The smallest absolute Gasteiger partial charge is 0.313 e. The molecular formula is C13H25NO2. The van der Waals surface area contributed by atoms with Crippen LogP contribution in [0.4, 0.5) is 0 Å². The van der Waals surface area contributed by atoms with Gasteiger partial charge in [0.1, 0.15) is 0 Å². The maximum atomic E-state index is 12.0. The molecule has 3 nitrogen and oxygen atoms in total. The molecule has 1 aliphatic heterocycles. The lowest BCUT2D eigenvalue weighted by Crippen LogP contribution is -2.34. The third kappa shape index (κ3) is 3.48. The Balaban J connectivity index is 2.22. The fourth-order valence-corrected chi connectivity index (χ4v) is 2.21. The van der Waals surface area contributed by atoms with Crippen molar-refractivity contribution < 1.29 is 9.53 Å². The molecule has 0 aliphatic carbocycles. The second-order valence-corrected chi connectivity index (χ2v) is 4.76. The zero-order valence-corrected chi connectivity index (χ0v) is 10.7. The first-order valence-electron chi connectivity index (χ1n) is 6.63. The quantitative estimate of drug-likeness (QED) is 0.536. The summed E-state index contributed by atoms with van der Waals surface area (Å²) in [5, 5.41) is 3.25.